The number of para-hydroxylation sites is 1. The number of carbonyl (C=O) groups excluding carboxylic acids is 1. The molecule has 0 unspecified atom stereocenters. The molecule has 0 aliphatic carbocycles. The number of benzene rings is 1. The highest BCUT2D eigenvalue weighted by molar-refractivity contribution is 7.98. The van der Waals surface area contributed by atoms with Crippen LogP contribution in [0.5, 0.6) is 0 Å². The Morgan fingerprint density at radius 2 is 2.04 bits per heavy atom. The predicted octanol–water partition coefficient (Wildman–Crippen LogP) is 3.25. The molecule has 0 aliphatic rings. The van der Waals surface area contributed by atoms with E-state index in [1.54, 1.807) is 6.07 Å². The third-order valence-corrected chi connectivity index (χ3v) is 4.26. The van der Waals surface area contributed by atoms with E-state index in [4.69, 9.17) is 9.15 Å². The van der Waals surface area contributed by atoms with Gasteiger partial charge in [0.1, 0.15) is 5.82 Å². The number of nitrogens with zero attached hydrogens (tertiary/aromatic N) is 3. The second-order valence-corrected chi connectivity index (χ2v) is 5.70. The quantitative estimate of drug-likeness (QED) is 0.528. The lowest BCUT2D eigenvalue weighted by Crippen LogP contribution is -2.03. The minimum Gasteiger partial charge on any atom is -0.463 e. The molecule has 118 valence electrons. The first-order valence-corrected chi connectivity index (χ1v) is 7.94. The van der Waals surface area contributed by atoms with Crippen LogP contribution in [0.2, 0.25) is 0 Å². The van der Waals surface area contributed by atoms with Crippen molar-refractivity contribution in [3.8, 4) is 5.69 Å². The van der Waals surface area contributed by atoms with Crippen molar-refractivity contribution in [2.24, 2.45) is 0 Å². The SMILES string of the molecule is COC(=O)c1occc1CSc1nnc(C)n1-c1ccccc1. The largest absolute Gasteiger partial charge is 0.463 e. The van der Waals surface area contributed by atoms with Gasteiger partial charge in [0.15, 0.2) is 5.16 Å². The van der Waals surface area contributed by atoms with E-state index in [-0.39, 0.29) is 5.76 Å². The number of aryl methyl sites for hydroxylation is 1. The van der Waals surface area contributed by atoms with E-state index >= 15 is 0 Å². The van der Waals surface area contributed by atoms with Crippen LogP contribution in [0.15, 0.2) is 52.2 Å². The normalized spacial score (nSPS) is 10.7. The molecule has 0 bridgehead atoms. The van der Waals surface area contributed by atoms with Crippen molar-refractivity contribution in [1.29, 1.82) is 0 Å². The van der Waals surface area contributed by atoms with Gasteiger partial charge in [-0.1, -0.05) is 30.0 Å². The van der Waals surface area contributed by atoms with Gasteiger partial charge in [0, 0.05) is 17.0 Å². The zero-order chi connectivity index (χ0) is 16.2. The number of esters is 1. The molecule has 0 radical (unpaired) electrons. The summed E-state index contributed by atoms with van der Waals surface area (Å²) in [4.78, 5) is 11.6. The Morgan fingerprint density at radius 1 is 1.26 bits per heavy atom. The molecule has 1 aromatic carbocycles. The summed E-state index contributed by atoms with van der Waals surface area (Å²) < 4.78 is 11.9. The maximum absolute atomic E-state index is 11.6. The average molecular weight is 329 g/mol. The van der Waals surface area contributed by atoms with E-state index < -0.39 is 5.97 Å². The fourth-order valence-electron chi connectivity index (χ4n) is 2.17. The Balaban J connectivity index is 1.83. The van der Waals surface area contributed by atoms with Gasteiger partial charge in [0.2, 0.25) is 5.76 Å². The highest BCUT2D eigenvalue weighted by atomic mass is 32.2. The Bertz CT molecular complexity index is 811. The van der Waals surface area contributed by atoms with Crippen molar-refractivity contribution < 1.29 is 13.9 Å². The summed E-state index contributed by atoms with van der Waals surface area (Å²) in [5.74, 6) is 1.08. The van der Waals surface area contributed by atoms with Gasteiger partial charge in [-0.2, -0.15) is 0 Å². The van der Waals surface area contributed by atoms with Gasteiger partial charge in [-0.05, 0) is 25.1 Å². The van der Waals surface area contributed by atoms with Crippen LogP contribution in [0, 0.1) is 6.92 Å². The van der Waals surface area contributed by atoms with Crippen molar-refractivity contribution in [3.05, 3.63) is 59.8 Å². The van der Waals surface area contributed by atoms with Crippen molar-refractivity contribution in [1.82, 2.24) is 14.8 Å². The summed E-state index contributed by atoms with van der Waals surface area (Å²) in [5.41, 5.74) is 1.76. The van der Waals surface area contributed by atoms with Gasteiger partial charge in [-0.25, -0.2) is 4.79 Å². The van der Waals surface area contributed by atoms with Gasteiger partial charge < -0.3 is 9.15 Å². The van der Waals surface area contributed by atoms with Crippen LogP contribution in [0.3, 0.4) is 0 Å². The lowest BCUT2D eigenvalue weighted by Gasteiger charge is -2.07. The third kappa shape index (κ3) is 3.14. The van der Waals surface area contributed by atoms with E-state index in [1.807, 2.05) is 41.8 Å². The van der Waals surface area contributed by atoms with Crippen LogP contribution >= 0.6 is 11.8 Å². The van der Waals surface area contributed by atoms with E-state index in [9.17, 15) is 4.79 Å². The number of carbonyl (C=O) groups is 1. The fourth-order valence-corrected chi connectivity index (χ4v) is 3.15. The zero-order valence-corrected chi connectivity index (χ0v) is 13.5. The molecular weight excluding hydrogens is 314 g/mol. The molecule has 23 heavy (non-hydrogen) atoms. The fraction of sp³-hybridized carbons (Fsp3) is 0.188. The topological polar surface area (TPSA) is 70.2 Å². The molecule has 0 saturated carbocycles. The van der Waals surface area contributed by atoms with Crippen molar-refractivity contribution >= 4 is 17.7 Å². The summed E-state index contributed by atoms with van der Waals surface area (Å²) >= 11 is 1.48. The summed E-state index contributed by atoms with van der Waals surface area (Å²) in [6.07, 6.45) is 1.48. The maximum atomic E-state index is 11.6. The second kappa shape index (κ2) is 6.70. The number of methoxy groups -OCH3 is 1. The predicted molar refractivity (Wildman–Crippen MR) is 85.7 cm³/mol. The molecule has 0 amide bonds. The van der Waals surface area contributed by atoms with Crippen molar-refractivity contribution in [2.75, 3.05) is 7.11 Å². The summed E-state index contributed by atoms with van der Waals surface area (Å²) in [6.45, 7) is 1.90. The molecule has 0 spiro atoms. The molecule has 0 N–H and O–H groups in total. The monoisotopic (exact) mass is 329 g/mol. The standard InChI is InChI=1S/C16H15N3O3S/c1-11-17-18-16(19(11)13-6-4-3-5-7-13)23-10-12-8-9-22-14(12)15(20)21-2/h3-9H,10H2,1-2H3. The number of ether oxygens (including phenoxy) is 1. The van der Waals surface area contributed by atoms with Gasteiger partial charge >= 0.3 is 5.97 Å². The van der Waals surface area contributed by atoms with Gasteiger partial charge in [0.25, 0.3) is 0 Å². The second-order valence-electron chi connectivity index (χ2n) is 4.76. The molecule has 0 aliphatic heterocycles. The first-order chi connectivity index (χ1) is 11.2. The molecule has 0 atom stereocenters. The number of hydrogen-bond donors (Lipinski definition) is 0. The Labute approximate surface area is 137 Å². The number of thioether (sulfide) groups is 1. The number of rotatable bonds is 5. The van der Waals surface area contributed by atoms with Crippen LogP contribution in [0.1, 0.15) is 21.9 Å². The summed E-state index contributed by atoms with van der Waals surface area (Å²) in [7, 11) is 1.33. The van der Waals surface area contributed by atoms with Gasteiger partial charge in [0.05, 0.1) is 13.4 Å². The smallest absolute Gasteiger partial charge is 0.374 e. The van der Waals surface area contributed by atoms with Crippen LogP contribution in [0.25, 0.3) is 5.69 Å². The van der Waals surface area contributed by atoms with Gasteiger partial charge in [-0.3, -0.25) is 4.57 Å². The van der Waals surface area contributed by atoms with Crippen LogP contribution in [-0.2, 0) is 10.5 Å². The lowest BCUT2D eigenvalue weighted by atomic mass is 10.3. The average Bonchev–Trinajstić information content (AvgIpc) is 3.19. The molecule has 2 heterocycles. The Kier molecular flexibility index (Phi) is 4.47. The molecule has 0 saturated heterocycles. The lowest BCUT2D eigenvalue weighted by molar-refractivity contribution is 0.0564. The van der Waals surface area contributed by atoms with E-state index in [1.165, 1.54) is 25.1 Å². The minimum absolute atomic E-state index is 0.225. The van der Waals surface area contributed by atoms with Crippen molar-refractivity contribution in [3.63, 3.8) is 0 Å². The maximum Gasteiger partial charge on any atom is 0.374 e. The summed E-state index contributed by atoms with van der Waals surface area (Å²) in [6, 6.07) is 11.7. The van der Waals surface area contributed by atoms with E-state index in [0.717, 1.165) is 22.2 Å². The number of hydrogen-bond acceptors (Lipinski definition) is 6. The highest BCUT2D eigenvalue weighted by Crippen LogP contribution is 2.27. The molecule has 3 aromatic rings. The molecule has 0 fully saturated rings. The van der Waals surface area contributed by atoms with Gasteiger partial charge in [-0.15, -0.1) is 10.2 Å². The first-order valence-electron chi connectivity index (χ1n) is 6.95. The number of aromatic nitrogens is 3. The third-order valence-electron chi connectivity index (χ3n) is 3.28. The van der Waals surface area contributed by atoms with E-state index in [0.29, 0.717) is 5.75 Å². The molecule has 6 nitrogen and oxygen atoms in total. The molecule has 3 rings (SSSR count). The molecule has 2 aromatic heterocycles. The first kappa shape index (κ1) is 15.4. The Morgan fingerprint density at radius 3 is 2.78 bits per heavy atom. The van der Waals surface area contributed by atoms with Crippen LogP contribution < -0.4 is 0 Å². The van der Waals surface area contributed by atoms with Crippen molar-refractivity contribution in [2.45, 2.75) is 17.8 Å². The number of furan rings is 1. The van der Waals surface area contributed by atoms with Crippen LogP contribution in [-0.4, -0.2) is 27.8 Å². The zero-order valence-electron chi connectivity index (χ0n) is 12.7. The van der Waals surface area contributed by atoms with Crippen LogP contribution in [0.4, 0.5) is 0 Å². The highest BCUT2D eigenvalue weighted by Gasteiger charge is 2.18. The summed E-state index contributed by atoms with van der Waals surface area (Å²) in [5, 5.41) is 9.11. The molecular formula is C16H15N3O3S. The minimum atomic E-state index is -0.480. The Hall–Kier alpha value is -2.54. The van der Waals surface area contributed by atoms with E-state index in [2.05, 4.69) is 10.2 Å². The molecule has 7 heteroatoms.